The van der Waals surface area contributed by atoms with E-state index in [1.54, 1.807) is 24.5 Å². The van der Waals surface area contributed by atoms with E-state index in [0.717, 1.165) is 22.3 Å². The largest absolute Gasteiger partial charge is 0.465 e. The Kier molecular flexibility index (Phi) is 3.13. The lowest BCUT2D eigenvalue weighted by Crippen LogP contribution is -2.07. The van der Waals surface area contributed by atoms with Crippen LogP contribution in [0.1, 0.15) is 11.5 Å². The van der Waals surface area contributed by atoms with Crippen LogP contribution in [-0.4, -0.2) is 10.9 Å². The molecule has 0 bridgehead atoms. The molecule has 3 aromatic rings. The summed E-state index contributed by atoms with van der Waals surface area (Å²) in [6, 6.07) is 11.4. The number of anilines is 1. The maximum Gasteiger partial charge on any atom is 0.248 e. The van der Waals surface area contributed by atoms with Crippen LogP contribution in [0.25, 0.3) is 17.0 Å². The number of carbonyl (C=O) groups is 1. The maximum atomic E-state index is 11.8. The van der Waals surface area contributed by atoms with Crippen LogP contribution in [0.2, 0.25) is 0 Å². The number of H-pyrrole nitrogens is 1. The number of fused-ring (bicyclic) bond motifs is 1. The fourth-order valence-corrected chi connectivity index (χ4v) is 2.08. The zero-order valence-corrected chi connectivity index (χ0v) is 11.0. The van der Waals surface area contributed by atoms with Gasteiger partial charge in [0.05, 0.1) is 6.26 Å². The van der Waals surface area contributed by atoms with E-state index < -0.39 is 0 Å². The fourth-order valence-electron chi connectivity index (χ4n) is 2.08. The van der Waals surface area contributed by atoms with E-state index in [0.29, 0.717) is 5.76 Å². The molecule has 3 rings (SSSR count). The summed E-state index contributed by atoms with van der Waals surface area (Å²) in [4.78, 5) is 15.0. The van der Waals surface area contributed by atoms with Crippen molar-refractivity contribution < 1.29 is 9.21 Å². The summed E-state index contributed by atoms with van der Waals surface area (Å²) in [5.74, 6) is 0.463. The highest BCUT2D eigenvalue weighted by Gasteiger charge is 2.02. The molecule has 1 aromatic carbocycles. The smallest absolute Gasteiger partial charge is 0.248 e. The molecule has 0 radical (unpaired) electrons. The lowest BCUT2D eigenvalue weighted by Gasteiger charge is -2.01. The highest BCUT2D eigenvalue weighted by molar-refractivity contribution is 6.02. The molecule has 0 spiro atoms. The maximum absolute atomic E-state index is 11.8. The Morgan fingerprint density at radius 1 is 1.30 bits per heavy atom. The lowest BCUT2D eigenvalue weighted by atomic mass is 10.2. The summed E-state index contributed by atoms with van der Waals surface area (Å²) in [6.07, 6.45) is 4.65. The molecule has 4 heteroatoms. The minimum absolute atomic E-state index is 0.187. The molecule has 0 saturated carbocycles. The summed E-state index contributed by atoms with van der Waals surface area (Å²) in [5, 5.41) is 3.90. The van der Waals surface area contributed by atoms with Crippen LogP contribution >= 0.6 is 0 Å². The predicted octanol–water partition coefficient (Wildman–Crippen LogP) is 3.72. The normalized spacial score (nSPS) is 11.2. The monoisotopic (exact) mass is 266 g/mol. The van der Waals surface area contributed by atoms with Crippen molar-refractivity contribution in [1.82, 2.24) is 4.98 Å². The molecule has 1 amide bonds. The summed E-state index contributed by atoms with van der Waals surface area (Å²) < 4.78 is 5.12. The Balaban J connectivity index is 1.73. The van der Waals surface area contributed by atoms with Gasteiger partial charge in [0.2, 0.25) is 5.91 Å². The molecule has 0 aliphatic rings. The van der Waals surface area contributed by atoms with E-state index in [4.69, 9.17) is 4.42 Å². The summed E-state index contributed by atoms with van der Waals surface area (Å²) in [6.45, 7) is 2.00. The van der Waals surface area contributed by atoms with Crippen LogP contribution in [0.4, 0.5) is 5.69 Å². The zero-order valence-electron chi connectivity index (χ0n) is 11.0. The molecule has 4 nitrogen and oxygen atoms in total. The number of hydrogen-bond donors (Lipinski definition) is 2. The first-order valence-corrected chi connectivity index (χ1v) is 6.33. The fraction of sp³-hybridized carbons (Fsp3) is 0.0625. The number of rotatable bonds is 3. The van der Waals surface area contributed by atoms with E-state index in [1.165, 1.54) is 6.08 Å². The van der Waals surface area contributed by atoms with Gasteiger partial charge in [0, 0.05) is 28.4 Å². The molecular formula is C16H14N2O2. The topological polar surface area (TPSA) is 58.0 Å². The van der Waals surface area contributed by atoms with Crippen molar-refractivity contribution in [3.8, 4) is 0 Å². The summed E-state index contributed by atoms with van der Waals surface area (Å²) in [5.41, 5.74) is 2.93. The number of aromatic amines is 1. The number of furan rings is 1. The molecule has 0 aliphatic heterocycles. The Morgan fingerprint density at radius 2 is 2.20 bits per heavy atom. The highest BCUT2D eigenvalue weighted by atomic mass is 16.3. The molecule has 2 aromatic heterocycles. The number of carbonyl (C=O) groups excluding carboxylic acids is 1. The third-order valence-electron chi connectivity index (χ3n) is 2.97. The second-order valence-corrected chi connectivity index (χ2v) is 4.59. The van der Waals surface area contributed by atoms with Crippen molar-refractivity contribution in [1.29, 1.82) is 0 Å². The lowest BCUT2D eigenvalue weighted by molar-refractivity contribution is -0.111. The van der Waals surface area contributed by atoms with Gasteiger partial charge in [-0.1, -0.05) is 0 Å². The Labute approximate surface area is 116 Å². The first-order chi connectivity index (χ1) is 9.70. The number of hydrogen-bond acceptors (Lipinski definition) is 2. The van der Waals surface area contributed by atoms with Crippen LogP contribution in [0.15, 0.2) is 53.2 Å². The molecule has 0 atom stereocenters. The van der Waals surface area contributed by atoms with Crippen LogP contribution in [-0.2, 0) is 4.79 Å². The van der Waals surface area contributed by atoms with Gasteiger partial charge in [0.25, 0.3) is 0 Å². The van der Waals surface area contributed by atoms with Crippen LogP contribution in [0.5, 0.6) is 0 Å². The molecule has 0 fully saturated rings. The van der Waals surface area contributed by atoms with E-state index in [1.807, 2.05) is 31.2 Å². The van der Waals surface area contributed by atoms with Gasteiger partial charge in [-0.15, -0.1) is 0 Å². The SMILES string of the molecule is Cc1cc2cc(NC(=O)C=Cc3ccco3)ccc2[nH]1. The van der Waals surface area contributed by atoms with Gasteiger partial charge in [0.1, 0.15) is 5.76 Å². The van der Waals surface area contributed by atoms with Crippen molar-refractivity contribution in [3.63, 3.8) is 0 Å². The van der Waals surface area contributed by atoms with Gasteiger partial charge in [-0.25, -0.2) is 0 Å². The number of amides is 1. The van der Waals surface area contributed by atoms with Crippen LogP contribution in [0, 0.1) is 6.92 Å². The molecule has 0 unspecified atom stereocenters. The van der Waals surface area contributed by atoms with Crippen LogP contribution in [0.3, 0.4) is 0 Å². The second kappa shape index (κ2) is 5.09. The molecule has 0 saturated heterocycles. The van der Waals surface area contributed by atoms with Crippen molar-refractivity contribution in [2.45, 2.75) is 6.92 Å². The van der Waals surface area contributed by atoms with Gasteiger partial charge in [-0.2, -0.15) is 0 Å². The first kappa shape index (κ1) is 12.3. The van der Waals surface area contributed by atoms with Gasteiger partial charge in [-0.05, 0) is 49.4 Å². The number of benzene rings is 1. The van der Waals surface area contributed by atoms with Gasteiger partial charge in [-0.3, -0.25) is 4.79 Å². The third kappa shape index (κ3) is 2.64. The Bertz CT molecular complexity index is 767. The minimum Gasteiger partial charge on any atom is -0.465 e. The average Bonchev–Trinajstić information content (AvgIpc) is 3.04. The minimum atomic E-state index is -0.187. The Hall–Kier alpha value is -2.75. The van der Waals surface area contributed by atoms with E-state index in [9.17, 15) is 4.79 Å². The van der Waals surface area contributed by atoms with Gasteiger partial charge < -0.3 is 14.7 Å². The van der Waals surface area contributed by atoms with Gasteiger partial charge in [0.15, 0.2) is 0 Å². The number of nitrogens with one attached hydrogen (secondary N) is 2. The van der Waals surface area contributed by atoms with Gasteiger partial charge >= 0.3 is 0 Å². The standard InChI is InChI=1S/C16H14N2O2/c1-11-9-12-10-13(4-6-15(12)17-11)18-16(19)7-5-14-3-2-8-20-14/h2-10,17H,1H3,(H,18,19). The number of aryl methyl sites for hydroxylation is 1. The highest BCUT2D eigenvalue weighted by Crippen LogP contribution is 2.19. The average molecular weight is 266 g/mol. The van der Waals surface area contributed by atoms with E-state index in [-0.39, 0.29) is 5.91 Å². The predicted molar refractivity (Wildman–Crippen MR) is 79.4 cm³/mol. The summed E-state index contributed by atoms with van der Waals surface area (Å²) in [7, 11) is 0. The molecule has 100 valence electrons. The van der Waals surface area contributed by atoms with Crippen molar-refractivity contribution >= 4 is 28.6 Å². The molecule has 20 heavy (non-hydrogen) atoms. The Morgan fingerprint density at radius 3 is 3.00 bits per heavy atom. The van der Waals surface area contributed by atoms with Crippen LogP contribution < -0.4 is 5.32 Å². The zero-order chi connectivity index (χ0) is 13.9. The number of aromatic nitrogens is 1. The first-order valence-electron chi connectivity index (χ1n) is 6.33. The van der Waals surface area contributed by atoms with E-state index >= 15 is 0 Å². The van der Waals surface area contributed by atoms with Crippen molar-refractivity contribution in [3.05, 3.63) is 60.2 Å². The quantitative estimate of drug-likeness (QED) is 0.710. The van der Waals surface area contributed by atoms with Crippen molar-refractivity contribution in [2.24, 2.45) is 0 Å². The summed E-state index contributed by atoms with van der Waals surface area (Å²) >= 11 is 0. The molecule has 2 N–H and O–H groups in total. The molecular weight excluding hydrogens is 252 g/mol. The molecule has 2 heterocycles. The van der Waals surface area contributed by atoms with Crippen molar-refractivity contribution in [2.75, 3.05) is 5.32 Å². The third-order valence-corrected chi connectivity index (χ3v) is 2.97. The molecule has 0 aliphatic carbocycles. The van der Waals surface area contributed by atoms with E-state index in [2.05, 4.69) is 10.3 Å². The second-order valence-electron chi connectivity index (χ2n) is 4.59.